The molecule has 2 saturated carbocycles. The summed E-state index contributed by atoms with van der Waals surface area (Å²) in [5.74, 6) is 0.343. The molecule has 0 radical (unpaired) electrons. The summed E-state index contributed by atoms with van der Waals surface area (Å²) in [6.45, 7) is 8.71. The third kappa shape index (κ3) is 1.31. The van der Waals surface area contributed by atoms with Crippen LogP contribution in [0, 0.1) is 10.8 Å². The molecular formula is C15H23ClO2. The highest BCUT2D eigenvalue weighted by molar-refractivity contribution is 6.21. The van der Waals surface area contributed by atoms with Gasteiger partial charge in [-0.2, -0.15) is 0 Å². The summed E-state index contributed by atoms with van der Waals surface area (Å²) >= 11 is 6.58. The van der Waals surface area contributed by atoms with E-state index in [0.29, 0.717) is 18.6 Å². The Bertz CT molecular complexity index is 419. The van der Waals surface area contributed by atoms with Crippen molar-refractivity contribution < 1.29 is 9.53 Å². The standard InChI is InChI=1S/C15H23ClO2/c1-12(2)7-10(17)8-14(4)15(12)6-5-13(3,18-14)11(16)9-15/h11H,5-9H2,1-4H3. The van der Waals surface area contributed by atoms with Gasteiger partial charge in [0.25, 0.3) is 0 Å². The Labute approximate surface area is 114 Å². The fourth-order valence-electron chi connectivity index (χ4n) is 5.09. The largest absolute Gasteiger partial charge is 0.367 e. The van der Waals surface area contributed by atoms with Gasteiger partial charge in [-0.1, -0.05) is 13.8 Å². The van der Waals surface area contributed by atoms with Gasteiger partial charge in [0.1, 0.15) is 5.78 Å². The smallest absolute Gasteiger partial charge is 0.136 e. The molecule has 4 fully saturated rings. The molecule has 4 atom stereocenters. The van der Waals surface area contributed by atoms with Gasteiger partial charge < -0.3 is 4.74 Å². The van der Waals surface area contributed by atoms with Gasteiger partial charge in [-0.05, 0) is 38.5 Å². The monoisotopic (exact) mass is 270 g/mol. The molecular weight excluding hydrogens is 248 g/mol. The van der Waals surface area contributed by atoms with Crippen molar-refractivity contribution in [3.63, 3.8) is 0 Å². The number of hydrogen-bond acceptors (Lipinski definition) is 2. The van der Waals surface area contributed by atoms with E-state index in [9.17, 15) is 4.79 Å². The molecule has 0 aromatic rings. The molecule has 2 bridgehead atoms. The van der Waals surface area contributed by atoms with Gasteiger partial charge in [0, 0.05) is 18.3 Å². The van der Waals surface area contributed by atoms with Crippen LogP contribution in [0.5, 0.6) is 0 Å². The van der Waals surface area contributed by atoms with Crippen molar-refractivity contribution in [3.8, 4) is 0 Å². The van der Waals surface area contributed by atoms with Crippen LogP contribution in [0.4, 0.5) is 0 Å². The van der Waals surface area contributed by atoms with Crippen molar-refractivity contribution in [1.82, 2.24) is 0 Å². The number of Topliss-reactive ketones (excluding diaryl/α,β-unsaturated/α-hetero) is 1. The second kappa shape index (κ2) is 3.32. The van der Waals surface area contributed by atoms with Crippen molar-refractivity contribution in [1.29, 1.82) is 0 Å². The Morgan fingerprint density at radius 2 is 1.83 bits per heavy atom. The summed E-state index contributed by atoms with van der Waals surface area (Å²) in [6, 6.07) is 0. The van der Waals surface area contributed by atoms with Crippen molar-refractivity contribution in [2.75, 3.05) is 0 Å². The lowest BCUT2D eigenvalue weighted by atomic mass is 9.43. The number of hydrogen-bond donors (Lipinski definition) is 0. The molecule has 2 saturated heterocycles. The molecule has 2 heterocycles. The van der Waals surface area contributed by atoms with E-state index >= 15 is 0 Å². The Morgan fingerprint density at radius 1 is 1.17 bits per heavy atom. The van der Waals surface area contributed by atoms with Gasteiger partial charge in [0.05, 0.1) is 16.6 Å². The normalized spacial score (nSPS) is 54.3. The fraction of sp³-hybridized carbons (Fsp3) is 0.933. The van der Waals surface area contributed by atoms with Crippen LogP contribution < -0.4 is 0 Å². The van der Waals surface area contributed by atoms with Crippen LogP contribution in [0.25, 0.3) is 0 Å². The summed E-state index contributed by atoms with van der Waals surface area (Å²) < 4.78 is 6.42. The van der Waals surface area contributed by atoms with E-state index in [4.69, 9.17) is 16.3 Å². The average molecular weight is 271 g/mol. The summed E-state index contributed by atoms with van der Waals surface area (Å²) in [6.07, 6.45) is 4.39. The maximum absolute atomic E-state index is 12.1. The molecule has 2 nitrogen and oxygen atoms in total. The topological polar surface area (TPSA) is 26.3 Å². The summed E-state index contributed by atoms with van der Waals surface area (Å²) in [5.41, 5.74) is -0.500. The molecule has 0 N–H and O–H groups in total. The number of carbonyl (C=O) groups excluding carboxylic acids is 1. The predicted molar refractivity (Wildman–Crippen MR) is 71.8 cm³/mol. The van der Waals surface area contributed by atoms with E-state index in [1.807, 2.05) is 0 Å². The molecule has 18 heavy (non-hydrogen) atoms. The molecule has 4 rings (SSSR count). The van der Waals surface area contributed by atoms with E-state index < -0.39 is 0 Å². The second-order valence-electron chi connectivity index (χ2n) is 7.68. The summed E-state index contributed by atoms with van der Waals surface area (Å²) in [5, 5.41) is 0.0757. The molecule has 2 aliphatic heterocycles. The number of ether oxygens (including phenoxy) is 1. The molecule has 0 aromatic carbocycles. The van der Waals surface area contributed by atoms with Crippen LogP contribution in [0.3, 0.4) is 0 Å². The van der Waals surface area contributed by atoms with Crippen molar-refractivity contribution >= 4 is 17.4 Å². The first kappa shape index (κ1) is 12.9. The van der Waals surface area contributed by atoms with E-state index in [0.717, 1.165) is 19.3 Å². The highest BCUT2D eigenvalue weighted by Crippen LogP contribution is 2.69. The number of fused-ring (bicyclic) bond motifs is 2. The minimum Gasteiger partial charge on any atom is -0.367 e. The average Bonchev–Trinajstić information content (AvgIpc) is 2.17. The Kier molecular flexibility index (Phi) is 2.39. The van der Waals surface area contributed by atoms with Crippen LogP contribution in [0.15, 0.2) is 0 Å². The van der Waals surface area contributed by atoms with Crippen LogP contribution in [-0.2, 0) is 9.53 Å². The molecule has 1 spiro atoms. The minimum absolute atomic E-state index is 0.00796. The van der Waals surface area contributed by atoms with Gasteiger partial charge in [-0.25, -0.2) is 0 Å². The first-order valence-corrected chi connectivity index (χ1v) is 7.44. The van der Waals surface area contributed by atoms with E-state index in [1.165, 1.54) is 0 Å². The quantitative estimate of drug-likeness (QED) is 0.628. The van der Waals surface area contributed by atoms with E-state index in [-0.39, 0.29) is 27.4 Å². The molecule has 2 aliphatic carbocycles. The van der Waals surface area contributed by atoms with Crippen molar-refractivity contribution in [3.05, 3.63) is 0 Å². The zero-order chi connectivity index (χ0) is 13.4. The molecule has 0 amide bonds. The van der Waals surface area contributed by atoms with E-state index in [1.54, 1.807) is 0 Å². The maximum Gasteiger partial charge on any atom is 0.136 e. The van der Waals surface area contributed by atoms with Crippen LogP contribution in [0.2, 0.25) is 0 Å². The van der Waals surface area contributed by atoms with Gasteiger partial charge in [-0.3, -0.25) is 4.79 Å². The van der Waals surface area contributed by atoms with Crippen LogP contribution in [-0.4, -0.2) is 22.4 Å². The first-order chi connectivity index (χ1) is 8.14. The highest BCUT2D eigenvalue weighted by Gasteiger charge is 2.70. The molecule has 102 valence electrons. The highest BCUT2D eigenvalue weighted by atomic mass is 35.5. The van der Waals surface area contributed by atoms with Crippen molar-refractivity contribution in [2.24, 2.45) is 10.8 Å². The lowest BCUT2D eigenvalue weighted by molar-refractivity contribution is -0.312. The number of carbonyl (C=O) groups is 1. The lowest BCUT2D eigenvalue weighted by Gasteiger charge is -2.70. The van der Waals surface area contributed by atoms with E-state index in [2.05, 4.69) is 27.7 Å². The zero-order valence-electron chi connectivity index (χ0n) is 11.8. The SMILES string of the molecule is CC12CCC3(CC1Cl)C(C)(C)CC(=O)CC3(C)O2. The summed E-state index contributed by atoms with van der Waals surface area (Å²) in [4.78, 5) is 12.1. The minimum atomic E-state index is -0.315. The van der Waals surface area contributed by atoms with Gasteiger partial charge in [-0.15, -0.1) is 11.6 Å². The second-order valence-corrected chi connectivity index (χ2v) is 8.20. The van der Waals surface area contributed by atoms with Crippen LogP contribution >= 0.6 is 11.6 Å². The molecule has 0 aromatic heterocycles. The Morgan fingerprint density at radius 3 is 2.44 bits per heavy atom. The van der Waals surface area contributed by atoms with Gasteiger partial charge in [0.15, 0.2) is 0 Å². The third-order valence-corrected chi connectivity index (χ3v) is 6.79. The van der Waals surface area contributed by atoms with Gasteiger partial charge >= 0.3 is 0 Å². The summed E-state index contributed by atoms with van der Waals surface area (Å²) in [7, 11) is 0. The van der Waals surface area contributed by atoms with Gasteiger partial charge in [0.2, 0.25) is 0 Å². The van der Waals surface area contributed by atoms with Crippen LogP contribution in [0.1, 0.15) is 59.8 Å². The predicted octanol–water partition coefficient (Wildman–Crippen LogP) is 3.70. The number of rotatable bonds is 0. The Hall–Kier alpha value is -0.0800. The maximum atomic E-state index is 12.1. The number of halogens is 1. The van der Waals surface area contributed by atoms with Crippen molar-refractivity contribution in [2.45, 2.75) is 76.4 Å². The number of alkyl halides is 1. The third-order valence-electron chi connectivity index (χ3n) is 6.18. The molecule has 4 unspecified atom stereocenters. The Balaban J connectivity index is 2.12. The first-order valence-electron chi connectivity index (χ1n) is 7.00. The lowest BCUT2D eigenvalue weighted by Crippen LogP contribution is -2.72. The molecule has 3 heteroatoms. The number of ketones is 1. The zero-order valence-corrected chi connectivity index (χ0v) is 12.6. The fourth-order valence-corrected chi connectivity index (χ4v) is 5.50. The molecule has 4 aliphatic rings.